The summed E-state index contributed by atoms with van der Waals surface area (Å²) in [6.45, 7) is 3.30. The van der Waals surface area contributed by atoms with Gasteiger partial charge in [-0.3, -0.25) is 14.4 Å². The Morgan fingerprint density at radius 1 is 0.871 bits per heavy atom. The molecule has 0 saturated heterocycles. The minimum Gasteiger partial charge on any atom is -0.481 e. The fourth-order valence-electron chi connectivity index (χ4n) is 2.12. The quantitative estimate of drug-likeness (QED) is 0.112. The first-order valence-corrected chi connectivity index (χ1v) is 10.2. The van der Waals surface area contributed by atoms with E-state index in [1.165, 1.54) is 0 Å². The van der Waals surface area contributed by atoms with E-state index in [2.05, 4.69) is 10.6 Å². The summed E-state index contributed by atoms with van der Waals surface area (Å²) in [5.41, 5.74) is 5.59. The van der Waals surface area contributed by atoms with Gasteiger partial charge in [0.05, 0.1) is 32.5 Å². The molecule has 1 atom stereocenters. The zero-order valence-electron chi connectivity index (χ0n) is 17.8. The molecule has 0 unspecified atom stereocenters. The molecule has 0 heterocycles. The topological polar surface area (TPSA) is 176 Å². The molecule has 12 nitrogen and oxygen atoms in total. The minimum absolute atomic E-state index is 0.0907. The monoisotopic (exact) mass is 449 g/mol. The Hall–Kier alpha value is -2.12. The second-order valence-electron chi connectivity index (χ2n) is 6.41. The molecule has 0 aromatic carbocycles. The highest BCUT2D eigenvalue weighted by Gasteiger charge is 2.13. The lowest BCUT2D eigenvalue weighted by molar-refractivity contribution is -0.137. The number of amides is 2. The van der Waals surface area contributed by atoms with Gasteiger partial charge in [-0.2, -0.15) is 0 Å². The van der Waals surface area contributed by atoms with Crippen molar-refractivity contribution in [2.75, 3.05) is 65.9 Å². The summed E-state index contributed by atoms with van der Waals surface area (Å²) in [6.07, 6.45) is 1.82. The lowest BCUT2D eigenvalue weighted by atomic mass is 10.1. The van der Waals surface area contributed by atoms with Crippen molar-refractivity contribution in [3.05, 3.63) is 0 Å². The van der Waals surface area contributed by atoms with Gasteiger partial charge in [-0.25, -0.2) is 0 Å². The predicted molar refractivity (Wildman–Crippen MR) is 109 cm³/mol. The van der Waals surface area contributed by atoms with Crippen LogP contribution in [0, 0.1) is 0 Å². The number of hydrogen-bond acceptors (Lipinski definition) is 9. The third-order valence-corrected chi connectivity index (χ3v) is 3.72. The molecule has 0 spiro atoms. The van der Waals surface area contributed by atoms with E-state index in [4.69, 9.17) is 29.8 Å². The van der Waals surface area contributed by atoms with Crippen molar-refractivity contribution in [1.82, 2.24) is 10.6 Å². The van der Waals surface area contributed by atoms with Gasteiger partial charge in [0, 0.05) is 32.7 Å². The lowest BCUT2D eigenvalue weighted by Gasteiger charge is -2.11. The van der Waals surface area contributed by atoms with E-state index in [0.29, 0.717) is 71.9 Å². The van der Waals surface area contributed by atoms with Crippen molar-refractivity contribution in [2.45, 2.75) is 31.7 Å². The van der Waals surface area contributed by atoms with E-state index >= 15 is 0 Å². The molecule has 0 radical (unpaired) electrons. The number of carboxylic acids is 1. The Bertz CT molecular complexity index is 506. The molecule has 0 bridgehead atoms. The average Bonchev–Trinajstić information content (AvgIpc) is 2.74. The normalized spacial score (nSPS) is 11.6. The fraction of sp³-hybridized carbons (Fsp3) is 0.789. The largest absolute Gasteiger partial charge is 0.481 e. The summed E-state index contributed by atoms with van der Waals surface area (Å²) in [4.78, 5) is 43.4. The molecule has 12 heteroatoms. The molecular formula is C19H35N3O9. The van der Waals surface area contributed by atoms with E-state index in [1.54, 1.807) is 0 Å². The Kier molecular flexibility index (Phi) is 19.7. The Balaban J connectivity index is 3.28. The van der Waals surface area contributed by atoms with Crippen LogP contribution in [0.5, 0.6) is 0 Å². The summed E-state index contributed by atoms with van der Waals surface area (Å²) in [5, 5.41) is 13.8. The number of ether oxygens (including phenoxy) is 4. The van der Waals surface area contributed by atoms with Crippen LogP contribution in [0.1, 0.15) is 25.7 Å². The molecule has 0 aliphatic rings. The molecule has 31 heavy (non-hydrogen) atoms. The van der Waals surface area contributed by atoms with Gasteiger partial charge in [-0.05, 0) is 19.3 Å². The molecule has 0 saturated carbocycles. The van der Waals surface area contributed by atoms with Crippen molar-refractivity contribution >= 4 is 24.1 Å². The zero-order chi connectivity index (χ0) is 23.2. The summed E-state index contributed by atoms with van der Waals surface area (Å²) >= 11 is 0. The molecule has 5 N–H and O–H groups in total. The van der Waals surface area contributed by atoms with E-state index in [9.17, 15) is 19.2 Å². The number of hydrogen-bond donors (Lipinski definition) is 4. The first-order valence-electron chi connectivity index (χ1n) is 10.2. The predicted octanol–water partition coefficient (Wildman–Crippen LogP) is -1.54. The van der Waals surface area contributed by atoms with Crippen LogP contribution in [0.15, 0.2) is 0 Å². The fourth-order valence-corrected chi connectivity index (χ4v) is 2.12. The third-order valence-electron chi connectivity index (χ3n) is 3.72. The highest BCUT2D eigenvalue weighted by Crippen LogP contribution is 1.95. The molecule has 0 aromatic rings. The highest BCUT2D eigenvalue weighted by atomic mass is 16.5. The third kappa shape index (κ3) is 20.9. The van der Waals surface area contributed by atoms with Crippen molar-refractivity contribution in [3.63, 3.8) is 0 Å². The maximum Gasteiger partial charge on any atom is 0.303 e. The van der Waals surface area contributed by atoms with Crippen LogP contribution >= 0.6 is 0 Å². The second kappa shape index (κ2) is 21.1. The van der Waals surface area contributed by atoms with Crippen LogP contribution < -0.4 is 16.4 Å². The highest BCUT2D eigenvalue weighted by molar-refractivity contribution is 5.82. The Morgan fingerprint density at radius 2 is 1.42 bits per heavy atom. The van der Waals surface area contributed by atoms with E-state index in [0.717, 1.165) is 0 Å². The second-order valence-corrected chi connectivity index (χ2v) is 6.41. The summed E-state index contributed by atoms with van der Waals surface area (Å²) < 4.78 is 20.9. The van der Waals surface area contributed by atoms with Crippen LogP contribution in [-0.2, 0) is 38.1 Å². The lowest BCUT2D eigenvalue weighted by Crippen LogP contribution is -2.41. The van der Waals surface area contributed by atoms with Gasteiger partial charge in [0.2, 0.25) is 11.8 Å². The number of nitrogens with one attached hydrogen (secondary N) is 2. The van der Waals surface area contributed by atoms with Crippen LogP contribution in [0.25, 0.3) is 0 Å². The Labute approximate surface area is 182 Å². The molecule has 2 amide bonds. The summed E-state index contributed by atoms with van der Waals surface area (Å²) in [7, 11) is 0. The van der Waals surface area contributed by atoms with Crippen molar-refractivity contribution in [2.24, 2.45) is 5.73 Å². The van der Waals surface area contributed by atoms with Gasteiger partial charge in [-0.15, -0.1) is 0 Å². The number of aldehydes is 1. The SMILES string of the molecule is N[C@@H](CCC(=O)O)C(=O)NCCCOCCOCCOCCCNC(=O)COCC=O. The first kappa shape index (κ1) is 28.9. The van der Waals surface area contributed by atoms with Crippen LogP contribution in [0.2, 0.25) is 0 Å². The molecule has 0 aliphatic heterocycles. The number of carboxylic acid groups (broad SMARTS) is 1. The number of nitrogens with two attached hydrogens (primary N) is 1. The molecule has 180 valence electrons. The van der Waals surface area contributed by atoms with E-state index in [-0.39, 0.29) is 37.9 Å². The molecular weight excluding hydrogens is 414 g/mol. The summed E-state index contributed by atoms with van der Waals surface area (Å²) in [5.74, 6) is -1.62. The zero-order valence-corrected chi connectivity index (χ0v) is 17.8. The minimum atomic E-state index is -0.981. The van der Waals surface area contributed by atoms with Crippen molar-refractivity contribution < 1.29 is 43.2 Å². The van der Waals surface area contributed by atoms with Gasteiger partial charge in [-0.1, -0.05) is 0 Å². The van der Waals surface area contributed by atoms with Crippen molar-refractivity contribution in [1.29, 1.82) is 0 Å². The number of rotatable bonds is 22. The number of aliphatic carboxylic acids is 1. The molecule has 0 rings (SSSR count). The van der Waals surface area contributed by atoms with Gasteiger partial charge in [0.25, 0.3) is 0 Å². The van der Waals surface area contributed by atoms with Gasteiger partial charge in [0.1, 0.15) is 19.5 Å². The standard InChI is InChI=1S/C19H35N3O9/c20-16(3-4-18(25)26)19(27)22-6-2-9-29-12-14-30-13-11-28-8-1-5-21-17(24)15-31-10-7-23/h7,16H,1-6,8-15,20H2,(H,21,24)(H,22,27)(H,25,26)/t16-/m0/s1. The maximum absolute atomic E-state index is 11.6. The molecule has 0 aromatic heterocycles. The number of carbonyl (C=O) groups excluding carboxylic acids is 3. The smallest absolute Gasteiger partial charge is 0.303 e. The molecule has 0 fully saturated rings. The average molecular weight is 450 g/mol. The molecule has 0 aliphatic carbocycles. The summed E-state index contributed by atoms with van der Waals surface area (Å²) in [6, 6.07) is -0.819. The van der Waals surface area contributed by atoms with Crippen LogP contribution in [-0.4, -0.2) is 101 Å². The first-order chi connectivity index (χ1) is 15.0. The van der Waals surface area contributed by atoms with Gasteiger partial charge in [0.15, 0.2) is 0 Å². The van der Waals surface area contributed by atoms with E-state index < -0.39 is 12.0 Å². The Morgan fingerprint density at radius 3 is 1.97 bits per heavy atom. The maximum atomic E-state index is 11.6. The van der Waals surface area contributed by atoms with Gasteiger partial charge >= 0.3 is 5.97 Å². The number of carbonyl (C=O) groups is 4. The van der Waals surface area contributed by atoms with Crippen LogP contribution in [0.3, 0.4) is 0 Å². The van der Waals surface area contributed by atoms with Crippen LogP contribution in [0.4, 0.5) is 0 Å². The van der Waals surface area contributed by atoms with E-state index in [1.807, 2.05) is 0 Å². The van der Waals surface area contributed by atoms with Crippen molar-refractivity contribution in [3.8, 4) is 0 Å². The van der Waals surface area contributed by atoms with Gasteiger partial charge < -0.3 is 45.2 Å².